The van der Waals surface area contributed by atoms with Crippen LogP contribution in [0.4, 0.5) is 0 Å². The molecule has 1 saturated heterocycles. The van der Waals surface area contributed by atoms with Gasteiger partial charge in [-0.2, -0.15) is 0 Å². The van der Waals surface area contributed by atoms with E-state index in [0.29, 0.717) is 32.2 Å². The summed E-state index contributed by atoms with van der Waals surface area (Å²) in [6.45, 7) is 11.8. The summed E-state index contributed by atoms with van der Waals surface area (Å²) < 4.78 is 4.79. The predicted octanol–water partition coefficient (Wildman–Crippen LogP) is 2.41. The molecule has 1 heterocycles. The third kappa shape index (κ3) is 12.1. The van der Waals surface area contributed by atoms with Gasteiger partial charge in [-0.05, 0) is 50.1 Å². The van der Waals surface area contributed by atoms with Crippen LogP contribution < -0.4 is 16.1 Å². The van der Waals surface area contributed by atoms with E-state index in [4.69, 9.17) is 4.74 Å². The molecule has 1 aliphatic rings. The van der Waals surface area contributed by atoms with Crippen molar-refractivity contribution < 1.29 is 29.0 Å². The highest BCUT2D eigenvalue weighted by molar-refractivity contribution is 5.90. The Bertz CT molecular complexity index is 955. The number of ether oxygens (including phenoxy) is 1. The van der Waals surface area contributed by atoms with Crippen molar-refractivity contribution in [3.63, 3.8) is 0 Å². The minimum Gasteiger partial charge on any atom is -0.468 e. The normalized spacial score (nSPS) is 17.9. The van der Waals surface area contributed by atoms with E-state index in [1.165, 1.54) is 12.1 Å². The van der Waals surface area contributed by atoms with E-state index >= 15 is 0 Å². The monoisotopic (exact) mass is 574 g/mol. The van der Waals surface area contributed by atoms with Gasteiger partial charge in [-0.1, -0.05) is 64.1 Å². The van der Waals surface area contributed by atoms with Gasteiger partial charge in [0.05, 0.1) is 19.3 Å². The first-order valence-electron chi connectivity index (χ1n) is 14.4. The quantitative estimate of drug-likeness (QED) is 0.151. The number of rotatable bonds is 14. The lowest BCUT2D eigenvalue weighted by molar-refractivity contribution is -0.151. The molecule has 41 heavy (non-hydrogen) atoms. The number of hydrogen-bond donors (Lipinski definition) is 4. The van der Waals surface area contributed by atoms with Crippen LogP contribution in [0.3, 0.4) is 0 Å². The van der Waals surface area contributed by atoms with Crippen LogP contribution in [0.1, 0.15) is 58.9 Å². The number of benzene rings is 1. The maximum Gasteiger partial charge on any atom is 0.324 e. The number of esters is 1. The van der Waals surface area contributed by atoms with E-state index in [1.807, 2.05) is 58.0 Å². The standard InChI is InChI=1S/C21H32N4O4.C10H18O2/c1-14(2)18(22-3)19(26)23-17(13-15-9-6-5-7-10-15)20(27)25-12-8-11-16(24-25)21(28)29-4;1-4-5-6-9(7-11)10(12)8(2)3/h5-7,9-10,14,16-18,22,24H,8,11-13H2,1-4H3,(H,23,26);4,7-10,12H,1,5-6H2,2-3H3. The molecule has 4 N–H and O–H groups in total. The highest BCUT2D eigenvalue weighted by atomic mass is 16.5. The van der Waals surface area contributed by atoms with Crippen molar-refractivity contribution >= 4 is 24.1 Å². The third-order valence-electron chi connectivity index (χ3n) is 7.10. The summed E-state index contributed by atoms with van der Waals surface area (Å²) in [5, 5.41) is 16.9. The molecule has 0 bridgehead atoms. The summed E-state index contributed by atoms with van der Waals surface area (Å²) in [6.07, 6.45) is 5.22. The van der Waals surface area contributed by atoms with Gasteiger partial charge in [0.2, 0.25) is 5.91 Å². The number of hydrogen-bond acceptors (Lipinski definition) is 8. The first kappa shape index (κ1) is 35.9. The van der Waals surface area contributed by atoms with Gasteiger partial charge in [-0.15, -0.1) is 6.58 Å². The number of hydrazine groups is 1. The number of allylic oxidation sites excluding steroid dienone is 1. The van der Waals surface area contributed by atoms with Gasteiger partial charge >= 0.3 is 5.97 Å². The van der Waals surface area contributed by atoms with Gasteiger partial charge in [0.25, 0.3) is 5.91 Å². The Hall–Kier alpha value is -3.08. The van der Waals surface area contributed by atoms with Crippen LogP contribution in [-0.2, 0) is 30.3 Å². The Balaban J connectivity index is 0.000000590. The van der Waals surface area contributed by atoms with Gasteiger partial charge in [-0.25, -0.2) is 5.43 Å². The van der Waals surface area contributed by atoms with E-state index in [9.17, 15) is 24.3 Å². The van der Waals surface area contributed by atoms with Crippen molar-refractivity contribution in [2.75, 3.05) is 20.7 Å². The first-order chi connectivity index (χ1) is 19.5. The fourth-order valence-corrected chi connectivity index (χ4v) is 4.65. The van der Waals surface area contributed by atoms with Crippen molar-refractivity contribution in [3.8, 4) is 0 Å². The molecule has 230 valence electrons. The molecular weight excluding hydrogens is 524 g/mol. The van der Waals surface area contributed by atoms with Crippen molar-refractivity contribution in [2.45, 2.75) is 84.0 Å². The number of aliphatic hydroxyl groups is 1. The lowest BCUT2D eigenvalue weighted by Crippen LogP contribution is -2.61. The van der Waals surface area contributed by atoms with E-state index in [2.05, 4.69) is 22.6 Å². The maximum atomic E-state index is 13.3. The van der Waals surface area contributed by atoms with Crippen molar-refractivity contribution in [1.82, 2.24) is 21.1 Å². The Morgan fingerprint density at radius 1 is 1.17 bits per heavy atom. The summed E-state index contributed by atoms with van der Waals surface area (Å²) in [6, 6.07) is 7.83. The molecule has 5 unspecified atom stereocenters. The second-order valence-corrected chi connectivity index (χ2v) is 11.0. The van der Waals surface area contributed by atoms with E-state index in [-0.39, 0.29) is 29.6 Å². The third-order valence-corrected chi connectivity index (χ3v) is 7.10. The van der Waals surface area contributed by atoms with Crippen LogP contribution in [0.5, 0.6) is 0 Å². The second-order valence-electron chi connectivity index (χ2n) is 11.0. The molecule has 1 fully saturated rings. The average Bonchev–Trinajstić information content (AvgIpc) is 2.97. The number of nitrogens with one attached hydrogen (secondary N) is 3. The summed E-state index contributed by atoms with van der Waals surface area (Å²) in [5.41, 5.74) is 3.89. The van der Waals surface area contributed by atoms with E-state index in [1.54, 1.807) is 13.1 Å². The Kier molecular flexibility index (Phi) is 16.8. The second kappa shape index (κ2) is 19.1. The molecule has 0 spiro atoms. The number of carbonyl (C=O) groups excluding carboxylic acids is 4. The summed E-state index contributed by atoms with van der Waals surface area (Å²) >= 11 is 0. The molecule has 10 heteroatoms. The zero-order valence-electron chi connectivity index (χ0n) is 25.5. The van der Waals surface area contributed by atoms with Crippen LogP contribution >= 0.6 is 0 Å². The van der Waals surface area contributed by atoms with Crippen LogP contribution in [0.2, 0.25) is 0 Å². The number of nitrogens with zero attached hydrogens (tertiary/aromatic N) is 1. The van der Waals surface area contributed by atoms with Crippen LogP contribution in [0.15, 0.2) is 43.0 Å². The summed E-state index contributed by atoms with van der Waals surface area (Å²) in [7, 11) is 3.05. The topological polar surface area (TPSA) is 137 Å². The van der Waals surface area contributed by atoms with Gasteiger partial charge in [0.15, 0.2) is 0 Å². The molecule has 0 saturated carbocycles. The summed E-state index contributed by atoms with van der Waals surface area (Å²) in [5.74, 6) is -0.911. The number of aliphatic hydroxyl groups excluding tert-OH is 1. The van der Waals surface area contributed by atoms with Crippen molar-refractivity contribution in [1.29, 1.82) is 0 Å². The van der Waals surface area contributed by atoms with Gasteiger partial charge < -0.3 is 25.3 Å². The minimum atomic E-state index is -0.747. The maximum absolute atomic E-state index is 13.3. The van der Waals surface area contributed by atoms with Crippen LogP contribution in [-0.4, -0.2) is 79.1 Å². The molecule has 2 rings (SSSR count). The molecule has 1 aromatic rings. The highest BCUT2D eigenvalue weighted by Crippen LogP contribution is 2.16. The minimum absolute atomic E-state index is 0.0734. The lowest BCUT2D eigenvalue weighted by Gasteiger charge is -2.35. The zero-order chi connectivity index (χ0) is 30.9. The van der Waals surface area contributed by atoms with Crippen LogP contribution in [0.25, 0.3) is 0 Å². The number of carbonyl (C=O) groups is 4. The van der Waals surface area contributed by atoms with Gasteiger partial charge in [0, 0.05) is 18.9 Å². The van der Waals surface area contributed by atoms with Gasteiger partial charge in [-0.3, -0.25) is 19.4 Å². The average molecular weight is 575 g/mol. The van der Waals surface area contributed by atoms with E-state index < -0.39 is 30.2 Å². The highest BCUT2D eigenvalue weighted by Gasteiger charge is 2.34. The zero-order valence-corrected chi connectivity index (χ0v) is 25.5. The Morgan fingerprint density at radius 3 is 2.34 bits per heavy atom. The predicted molar refractivity (Wildman–Crippen MR) is 159 cm³/mol. The molecule has 5 atom stereocenters. The van der Waals surface area contributed by atoms with E-state index in [0.717, 1.165) is 18.3 Å². The summed E-state index contributed by atoms with van der Waals surface area (Å²) in [4.78, 5) is 48.5. The molecule has 0 aliphatic carbocycles. The first-order valence-corrected chi connectivity index (χ1v) is 14.4. The SMILES string of the molecule is C=CCCC(C=O)C(O)C(C)C.CNC(C(=O)NC(Cc1ccccc1)C(=O)N1CCCC(C(=O)OC)N1)C(C)C. The molecule has 1 aromatic carbocycles. The largest absolute Gasteiger partial charge is 0.468 e. The van der Waals surface area contributed by atoms with Crippen LogP contribution in [0, 0.1) is 17.8 Å². The molecule has 0 aromatic heterocycles. The fourth-order valence-electron chi connectivity index (χ4n) is 4.65. The molecular formula is C31H50N4O6. The molecule has 1 aliphatic heterocycles. The number of amides is 2. The number of aldehydes is 1. The van der Waals surface area contributed by atoms with Gasteiger partial charge in [0.1, 0.15) is 18.4 Å². The molecule has 2 amide bonds. The lowest BCUT2D eigenvalue weighted by atomic mass is 9.91. The van der Waals surface area contributed by atoms with Crippen molar-refractivity contribution in [2.24, 2.45) is 17.8 Å². The smallest absolute Gasteiger partial charge is 0.324 e. The number of methoxy groups -OCH3 is 1. The fraction of sp³-hybridized carbons (Fsp3) is 0.613. The molecule has 10 nitrogen and oxygen atoms in total. The Labute approximate surface area is 245 Å². The van der Waals surface area contributed by atoms with Crippen molar-refractivity contribution in [3.05, 3.63) is 48.6 Å². The molecule has 0 radical (unpaired) electrons. The number of likely N-dealkylation sites (N-methyl/N-ethyl adjacent to an activating group) is 1. The Morgan fingerprint density at radius 2 is 1.83 bits per heavy atom.